The van der Waals surface area contributed by atoms with E-state index in [0.717, 1.165) is 30.8 Å². The molecule has 0 spiro atoms. The monoisotopic (exact) mass is 208 g/mol. The Morgan fingerprint density at radius 3 is 2.47 bits per heavy atom. The van der Waals surface area contributed by atoms with Crippen LogP contribution in [0.4, 0.5) is 0 Å². The Hall–Kier alpha value is -1.02. The molecular formula is C13H20O2. The second-order valence-electron chi connectivity index (χ2n) is 3.85. The van der Waals surface area contributed by atoms with E-state index in [1.807, 2.05) is 31.2 Å². The van der Waals surface area contributed by atoms with Crippen molar-refractivity contribution < 1.29 is 9.84 Å². The number of unbranched alkanes of at least 4 members (excludes halogenated alkanes) is 1. The SMILES string of the molecule is CCCCOc1ccc(C(C)CO)cc1. The van der Waals surface area contributed by atoms with Crippen molar-refractivity contribution >= 4 is 0 Å². The number of hydrogen-bond acceptors (Lipinski definition) is 2. The zero-order valence-electron chi connectivity index (χ0n) is 9.57. The molecule has 0 bridgehead atoms. The molecule has 0 heterocycles. The molecule has 0 aromatic heterocycles. The predicted molar refractivity (Wildman–Crippen MR) is 62.3 cm³/mol. The van der Waals surface area contributed by atoms with Gasteiger partial charge in [0.2, 0.25) is 0 Å². The van der Waals surface area contributed by atoms with Crippen LogP contribution in [0.1, 0.15) is 38.2 Å². The summed E-state index contributed by atoms with van der Waals surface area (Å²) in [5, 5.41) is 9.00. The van der Waals surface area contributed by atoms with E-state index < -0.39 is 0 Å². The van der Waals surface area contributed by atoms with Crippen LogP contribution in [-0.2, 0) is 0 Å². The van der Waals surface area contributed by atoms with Gasteiger partial charge in [-0.05, 0) is 24.1 Å². The van der Waals surface area contributed by atoms with Gasteiger partial charge in [-0.25, -0.2) is 0 Å². The van der Waals surface area contributed by atoms with Gasteiger partial charge < -0.3 is 9.84 Å². The molecule has 0 aliphatic heterocycles. The van der Waals surface area contributed by atoms with Crippen LogP contribution >= 0.6 is 0 Å². The van der Waals surface area contributed by atoms with E-state index in [9.17, 15) is 0 Å². The maximum Gasteiger partial charge on any atom is 0.119 e. The molecule has 15 heavy (non-hydrogen) atoms. The summed E-state index contributed by atoms with van der Waals surface area (Å²) in [4.78, 5) is 0. The van der Waals surface area contributed by atoms with Gasteiger partial charge in [0.1, 0.15) is 5.75 Å². The van der Waals surface area contributed by atoms with Crippen molar-refractivity contribution in [3.8, 4) is 5.75 Å². The first kappa shape index (κ1) is 12.1. The van der Waals surface area contributed by atoms with Crippen LogP contribution in [0.2, 0.25) is 0 Å². The number of aliphatic hydroxyl groups excluding tert-OH is 1. The summed E-state index contributed by atoms with van der Waals surface area (Å²) in [6, 6.07) is 7.97. The normalized spacial score (nSPS) is 12.5. The molecule has 1 unspecified atom stereocenters. The fourth-order valence-corrected chi connectivity index (χ4v) is 1.33. The largest absolute Gasteiger partial charge is 0.494 e. The summed E-state index contributed by atoms with van der Waals surface area (Å²) in [5.74, 6) is 1.12. The van der Waals surface area contributed by atoms with Crippen LogP contribution in [0, 0.1) is 0 Å². The van der Waals surface area contributed by atoms with Crippen molar-refractivity contribution in [3.63, 3.8) is 0 Å². The van der Waals surface area contributed by atoms with Crippen molar-refractivity contribution in [1.82, 2.24) is 0 Å². The second-order valence-corrected chi connectivity index (χ2v) is 3.85. The quantitative estimate of drug-likeness (QED) is 0.728. The van der Waals surface area contributed by atoms with E-state index in [2.05, 4.69) is 6.92 Å². The van der Waals surface area contributed by atoms with Crippen LogP contribution in [0.3, 0.4) is 0 Å². The minimum Gasteiger partial charge on any atom is -0.494 e. The van der Waals surface area contributed by atoms with Crippen LogP contribution in [-0.4, -0.2) is 18.3 Å². The van der Waals surface area contributed by atoms with Gasteiger partial charge in [0.25, 0.3) is 0 Å². The van der Waals surface area contributed by atoms with Crippen molar-refractivity contribution in [2.75, 3.05) is 13.2 Å². The highest BCUT2D eigenvalue weighted by molar-refractivity contribution is 5.29. The number of benzene rings is 1. The summed E-state index contributed by atoms with van der Waals surface area (Å²) in [6.45, 7) is 5.13. The summed E-state index contributed by atoms with van der Waals surface area (Å²) in [7, 11) is 0. The third-order valence-electron chi connectivity index (χ3n) is 2.49. The molecule has 1 atom stereocenters. The second kappa shape index (κ2) is 6.46. The molecule has 1 aromatic rings. The maximum absolute atomic E-state index is 9.00. The average Bonchev–Trinajstić information content (AvgIpc) is 2.29. The van der Waals surface area contributed by atoms with Gasteiger partial charge >= 0.3 is 0 Å². The van der Waals surface area contributed by atoms with E-state index in [1.54, 1.807) is 0 Å². The van der Waals surface area contributed by atoms with Crippen LogP contribution < -0.4 is 4.74 Å². The van der Waals surface area contributed by atoms with E-state index in [1.165, 1.54) is 0 Å². The molecule has 0 saturated heterocycles. The Labute approximate surface area is 91.9 Å². The Kier molecular flexibility index (Phi) is 5.19. The first-order chi connectivity index (χ1) is 7.27. The smallest absolute Gasteiger partial charge is 0.119 e. The molecular weight excluding hydrogens is 188 g/mol. The lowest BCUT2D eigenvalue weighted by molar-refractivity contribution is 0.272. The summed E-state index contributed by atoms with van der Waals surface area (Å²) >= 11 is 0. The molecule has 0 aliphatic carbocycles. The summed E-state index contributed by atoms with van der Waals surface area (Å²) < 4.78 is 5.55. The van der Waals surface area contributed by atoms with Crippen molar-refractivity contribution in [3.05, 3.63) is 29.8 Å². The number of hydrogen-bond donors (Lipinski definition) is 1. The van der Waals surface area contributed by atoms with Gasteiger partial charge in [0.15, 0.2) is 0 Å². The fraction of sp³-hybridized carbons (Fsp3) is 0.538. The molecule has 2 heteroatoms. The van der Waals surface area contributed by atoms with Gasteiger partial charge in [-0.15, -0.1) is 0 Å². The zero-order chi connectivity index (χ0) is 11.1. The third-order valence-corrected chi connectivity index (χ3v) is 2.49. The van der Waals surface area contributed by atoms with Crippen molar-refractivity contribution in [2.24, 2.45) is 0 Å². The van der Waals surface area contributed by atoms with E-state index in [4.69, 9.17) is 9.84 Å². The third kappa shape index (κ3) is 3.92. The van der Waals surface area contributed by atoms with Crippen LogP contribution in [0.25, 0.3) is 0 Å². The van der Waals surface area contributed by atoms with Crippen molar-refractivity contribution in [1.29, 1.82) is 0 Å². The number of rotatable bonds is 6. The minimum atomic E-state index is 0.191. The lowest BCUT2D eigenvalue weighted by atomic mass is 10.0. The lowest BCUT2D eigenvalue weighted by Crippen LogP contribution is -2.00. The average molecular weight is 208 g/mol. The lowest BCUT2D eigenvalue weighted by Gasteiger charge is -2.10. The first-order valence-corrected chi connectivity index (χ1v) is 5.61. The molecule has 84 valence electrons. The molecule has 1 aromatic carbocycles. The van der Waals surface area contributed by atoms with Crippen LogP contribution in [0.5, 0.6) is 5.75 Å². The standard InChI is InChI=1S/C13H20O2/c1-3-4-9-15-13-7-5-12(6-8-13)11(2)10-14/h5-8,11,14H,3-4,9-10H2,1-2H3. The molecule has 1 N–H and O–H groups in total. The predicted octanol–water partition coefficient (Wildman–Crippen LogP) is 2.96. The Morgan fingerprint density at radius 2 is 1.93 bits per heavy atom. The molecule has 0 radical (unpaired) electrons. The Bertz CT molecular complexity index is 266. The molecule has 0 aliphatic rings. The van der Waals surface area contributed by atoms with E-state index in [0.29, 0.717) is 0 Å². The van der Waals surface area contributed by atoms with Gasteiger partial charge in [-0.1, -0.05) is 32.4 Å². The van der Waals surface area contributed by atoms with E-state index >= 15 is 0 Å². The molecule has 2 nitrogen and oxygen atoms in total. The molecule has 0 amide bonds. The summed E-state index contributed by atoms with van der Waals surface area (Å²) in [5.41, 5.74) is 1.15. The van der Waals surface area contributed by atoms with Gasteiger partial charge in [-0.3, -0.25) is 0 Å². The molecule has 0 saturated carbocycles. The fourth-order valence-electron chi connectivity index (χ4n) is 1.33. The molecule has 0 fully saturated rings. The number of aliphatic hydroxyl groups is 1. The Morgan fingerprint density at radius 1 is 1.27 bits per heavy atom. The Balaban J connectivity index is 2.49. The molecule has 1 rings (SSSR count). The van der Waals surface area contributed by atoms with Gasteiger partial charge in [0.05, 0.1) is 6.61 Å². The highest BCUT2D eigenvalue weighted by atomic mass is 16.5. The van der Waals surface area contributed by atoms with Crippen LogP contribution in [0.15, 0.2) is 24.3 Å². The maximum atomic E-state index is 9.00. The topological polar surface area (TPSA) is 29.5 Å². The van der Waals surface area contributed by atoms with Gasteiger partial charge in [0, 0.05) is 12.5 Å². The highest BCUT2D eigenvalue weighted by Gasteiger charge is 2.03. The highest BCUT2D eigenvalue weighted by Crippen LogP contribution is 2.18. The first-order valence-electron chi connectivity index (χ1n) is 5.61. The summed E-state index contributed by atoms with van der Waals surface area (Å²) in [6.07, 6.45) is 2.24. The van der Waals surface area contributed by atoms with Crippen molar-refractivity contribution in [2.45, 2.75) is 32.6 Å². The number of ether oxygens (including phenoxy) is 1. The van der Waals surface area contributed by atoms with Gasteiger partial charge in [-0.2, -0.15) is 0 Å². The zero-order valence-corrected chi connectivity index (χ0v) is 9.57. The minimum absolute atomic E-state index is 0.191. The van der Waals surface area contributed by atoms with E-state index in [-0.39, 0.29) is 12.5 Å².